The number of unbranched alkanes of at least 4 members (excludes halogenated alkanes) is 2. The van der Waals surface area contributed by atoms with Crippen LogP contribution in [0, 0.1) is 10.1 Å². The first-order chi connectivity index (χ1) is 15.9. The van der Waals surface area contributed by atoms with E-state index < -0.39 is 50.0 Å². The summed E-state index contributed by atoms with van der Waals surface area (Å²) in [6.07, 6.45) is -0.552. The van der Waals surface area contributed by atoms with Gasteiger partial charge in [0.25, 0.3) is 26.5 Å². The molecule has 1 saturated heterocycles. The van der Waals surface area contributed by atoms with Gasteiger partial charge >= 0.3 is 11.9 Å². The summed E-state index contributed by atoms with van der Waals surface area (Å²) in [7, 11) is -5.41. The van der Waals surface area contributed by atoms with Crippen LogP contribution in [0.2, 0.25) is 0 Å². The molecule has 0 aliphatic carbocycles. The highest BCUT2D eigenvalue weighted by atomic mass is 32.2. The Labute approximate surface area is 191 Å². The lowest BCUT2D eigenvalue weighted by Crippen LogP contribution is -2.53. The third-order valence-corrected chi connectivity index (χ3v) is 6.09. The summed E-state index contributed by atoms with van der Waals surface area (Å²) in [5.41, 5.74) is 8.37. The summed E-state index contributed by atoms with van der Waals surface area (Å²) >= 11 is 0. The van der Waals surface area contributed by atoms with Gasteiger partial charge in [-0.15, -0.1) is 0 Å². The van der Waals surface area contributed by atoms with Gasteiger partial charge in [0.05, 0.1) is 11.3 Å². The molecule has 0 aromatic heterocycles. The van der Waals surface area contributed by atoms with Gasteiger partial charge in [-0.05, 0) is 24.4 Å². The number of ether oxygens (including phenoxy) is 1. The Hall–Kier alpha value is -4.08. The predicted octanol–water partition coefficient (Wildman–Crippen LogP) is 1.25. The summed E-state index contributed by atoms with van der Waals surface area (Å²) in [5, 5.41) is 18.8. The van der Waals surface area contributed by atoms with Crippen molar-refractivity contribution in [3.05, 3.63) is 38.8 Å². The highest BCUT2D eigenvalue weighted by Crippen LogP contribution is 2.30. The van der Waals surface area contributed by atoms with Crippen molar-refractivity contribution in [2.45, 2.75) is 36.9 Å². The number of imide groups is 1. The molecule has 0 saturated carbocycles. The molecule has 17 heteroatoms. The monoisotopic (exact) mass is 498 g/mol. The minimum absolute atomic E-state index is 0.0723. The lowest BCUT2D eigenvalue weighted by molar-refractivity contribution is -0.383. The fraction of sp³-hybridized carbons (Fsp3) is 0.412. The van der Waals surface area contributed by atoms with Gasteiger partial charge in [-0.2, -0.15) is 8.42 Å². The Morgan fingerprint density at radius 3 is 2.59 bits per heavy atom. The summed E-state index contributed by atoms with van der Waals surface area (Å²) < 4.78 is 33.5. The van der Waals surface area contributed by atoms with Gasteiger partial charge in [0.2, 0.25) is 5.91 Å². The zero-order valence-corrected chi connectivity index (χ0v) is 18.1. The molecule has 1 fully saturated rings. The van der Waals surface area contributed by atoms with Crippen LogP contribution in [0.1, 0.15) is 32.1 Å². The molecule has 0 radical (unpaired) electrons. The van der Waals surface area contributed by atoms with Crippen LogP contribution >= 0.6 is 0 Å². The van der Waals surface area contributed by atoms with Crippen LogP contribution < -0.4 is 10.6 Å². The average molecular weight is 498 g/mol. The Morgan fingerprint density at radius 2 is 2.03 bits per heavy atom. The molecular weight excluding hydrogens is 480 g/mol. The number of azide groups is 1. The molecule has 34 heavy (non-hydrogen) atoms. The lowest BCUT2D eigenvalue weighted by Gasteiger charge is -2.18. The highest BCUT2D eigenvalue weighted by molar-refractivity contribution is 7.89. The number of amides is 2. The van der Waals surface area contributed by atoms with Crippen LogP contribution in [0.3, 0.4) is 0 Å². The number of esters is 2. The topological polar surface area (TPSA) is 248 Å². The van der Waals surface area contributed by atoms with Gasteiger partial charge < -0.3 is 10.1 Å². The number of rotatable bonds is 11. The molecule has 1 aromatic carbocycles. The van der Waals surface area contributed by atoms with E-state index in [1.807, 2.05) is 0 Å². The molecule has 0 spiro atoms. The molecule has 1 aliphatic heterocycles. The molecule has 16 nitrogen and oxygen atoms in total. The fourth-order valence-electron chi connectivity index (χ4n) is 3.02. The normalized spacial score (nSPS) is 17.4. The number of carbonyl (C=O) groups excluding carboxylic acids is 4. The molecule has 3 N–H and O–H groups in total. The lowest BCUT2D eigenvalue weighted by atomic mass is 10.1. The van der Waals surface area contributed by atoms with E-state index in [2.05, 4.69) is 20.1 Å². The molecule has 1 unspecified atom stereocenters. The molecule has 2 amide bonds. The van der Waals surface area contributed by atoms with Gasteiger partial charge in [-0.1, -0.05) is 17.6 Å². The van der Waals surface area contributed by atoms with Crippen molar-refractivity contribution < 1.29 is 41.8 Å². The largest absolute Gasteiger partial charge is 0.391 e. The van der Waals surface area contributed by atoms with E-state index in [9.17, 15) is 42.3 Å². The van der Waals surface area contributed by atoms with E-state index in [4.69, 9.17) is 5.53 Å². The van der Waals surface area contributed by atoms with E-state index >= 15 is 0 Å². The van der Waals surface area contributed by atoms with Gasteiger partial charge in [0.1, 0.15) is 5.69 Å². The molecule has 0 bridgehead atoms. The predicted molar refractivity (Wildman–Crippen MR) is 112 cm³/mol. The zero-order chi connectivity index (χ0) is 25.5. The van der Waals surface area contributed by atoms with Crippen molar-refractivity contribution in [1.29, 1.82) is 0 Å². The van der Waals surface area contributed by atoms with Gasteiger partial charge in [0, 0.05) is 29.6 Å². The number of benzene rings is 1. The first-order valence-corrected chi connectivity index (χ1v) is 11.0. The van der Waals surface area contributed by atoms with Crippen LogP contribution in [-0.2, 0) is 34.0 Å². The number of carbonyl (C=O) groups is 4. The molecule has 1 aliphatic rings. The quantitative estimate of drug-likeness (QED) is 0.0374. The summed E-state index contributed by atoms with van der Waals surface area (Å²) in [6.45, 7) is 0.268. The van der Waals surface area contributed by atoms with Gasteiger partial charge in [-0.25, -0.2) is 4.79 Å². The van der Waals surface area contributed by atoms with Crippen molar-refractivity contribution in [2.24, 2.45) is 5.11 Å². The van der Waals surface area contributed by atoms with Gasteiger partial charge in [0.15, 0.2) is 0 Å². The molecule has 1 heterocycles. The van der Waals surface area contributed by atoms with Crippen molar-refractivity contribution in [3.63, 3.8) is 0 Å². The van der Waals surface area contributed by atoms with Crippen LogP contribution in [0.25, 0.3) is 10.4 Å². The highest BCUT2D eigenvalue weighted by Gasteiger charge is 2.64. The third-order valence-electron chi connectivity index (χ3n) is 4.72. The molecule has 1 aromatic rings. The van der Waals surface area contributed by atoms with Crippen LogP contribution in [0.4, 0.5) is 17.1 Å². The number of nitrogens with zero attached hydrogens (tertiary/aromatic N) is 4. The van der Waals surface area contributed by atoms with Crippen molar-refractivity contribution in [1.82, 2.24) is 5.32 Å². The average Bonchev–Trinajstić information content (AvgIpc) is 3.06. The standard InChI is InChI=1S/C17H18N6O10S/c18-22-21-10-5-6-11(12(8-10)23(28)29)19-7-3-1-2-4-14(25)33-16(27)17(34(30,31)32)9-13(24)20-15(17)26/h5-6,8,19H,1-4,7,9H2,(H,20,24,26)(H,30,31,32). The molecule has 2 rings (SSSR count). The van der Waals surface area contributed by atoms with Crippen LogP contribution in [0.15, 0.2) is 23.3 Å². The number of nitrogens with one attached hydrogen (secondary N) is 2. The molecule has 182 valence electrons. The van der Waals surface area contributed by atoms with Crippen LogP contribution in [-0.4, -0.2) is 52.9 Å². The van der Waals surface area contributed by atoms with Crippen molar-refractivity contribution in [3.8, 4) is 0 Å². The third kappa shape index (κ3) is 5.83. The van der Waals surface area contributed by atoms with E-state index in [1.165, 1.54) is 12.1 Å². The minimum atomic E-state index is -5.41. The smallest absolute Gasteiger partial charge is 0.348 e. The zero-order valence-electron chi connectivity index (χ0n) is 17.3. The second-order valence-electron chi connectivity index (χ2n) is 7.00. The Morgan fingerprint density at radius 1 is 1.32 bits per heavy atom. The SMILES string of the molecule is [N-]=[N+]=Nc1ccc(NCCCCCC(=O)OC(=O)C2(S(=O)(=O)O)CC(=O)NC2=O)c([N+](=O)[O-])c1. The molecular formula is C17H18N6O10S. The van der Waals surface area contributed by atoms with E-state index in [-0.39, 0.29) is 36.4 Å². The van der Waals surface area contributed by atoms with Crippen LogP contribution in [0.5, 0.6) is 0 Å². The van der Waals surface area contributed by atoms with Crippen molar-refractivity contribution >= 4 is 50.9 Å². The number of hydrogen-bond acceptors (Lipinski definition) is 11. The van der Waals surface area contributed by atoms with E-state index in [0.29, 0.717) is 12.8 Å². The number of hydrogen-bond donors (Lipinski definition) is 3. The first kappa shape index (κ1) is 26.2. The van der Waals surface area contributed by atoms with E-state index in [1.54, 1.807) is 5.32 Å². The number of nitro groups is 1. The Balaban J connectivity index is 1.83. The maximum atomic E-state index is 12.1. The first-order valence-electron chi connectivity index (χ1n) is 9.56. The Kier molecular flexibility index (Phi) is 8.23. The summed E-state index contributed by atoms with van der Waals surface area (Å²) in [4.78, 5) is 60.2. The number of nitro benzene ring substituents is 1. The van der Waals surface area contributed by atoms with Gasteiger partial charge in [-0.3, -0.25) is 34.4 Å². The van der Waals surface area contributed by atoms with Crippen molar-refractivity contribution in [2.75, 3.05) is 11.9 Å². The second kappa shape index (κ2) is 10.7. The Bertz CT molecular complexity index is 1190. The number of anilines is 1. The van der Waals surface area contributed by atoms with E-state index in [0.717, 1.165) is 6.07 Å². The maximum absolute atomic E-state index is 12.1. The maximum Gasteiger partial charge on any atom is 0.348 e. The fourth-order valence-corrected chi connectivity index (χ4v) is 3.87. The summed E-state index contributed by atoms with van der Waals surface area (Å²) in [6, 6.07) is 3.87. The minimum Gasteiger partial charge on any atom is -0.391 e. The summed E-state index contributed by atoms with van der Waals surface area (Å²) in [5.74, 6) is -5.78. The molecule has 1 atom stereocenters. The second-order valence-corrected chi connectivity index (χ2v) is 8.65.